The van der Waals surface area contributed by atoms with Gasteiger partial charge in [0.1, 0.15) is 5.82 Å². The van der Waals surface area contributed by atoms with Crippen molar-refractivity contribution in [2.45, 2.75) is 13.3 Å². The van der Waals surface area contributed by atoms with E-state index in [2.05, 4.69) is 39.3 Å². The third-order valence-corrected chi connectivity index (χ3v) is 3.01. The fourth-order valence-corrected chi connectivity index (χ4v) is 2.08. The Bertz CT molecular complexity index is 654. The SMILES string of the molecule is CCCNc1ccccc1-c1nc2ncccc2[nH]1. The number of H-pyrrole nitrogens is 1. The lowest BCUT2D eigenvalue weighted by atomic mass is 10.1. The summed E-state index contributed by atoms with van der Waals surface area (Å²) in [6.45, 7) is 3.11. The summed E-state index contributed by atoms with van der Waals surface area (Å²) in [5.41, 5.74) is 3.89. The number of benzene rings is 1. The molecule has 0 amide bonds. The Hall–Kier alpha value is -2.36. The van der Waals surface area contributed by atoms with Crippen molar-refractivity contribution in [3.8, 4) is 11.4 Å². The fraction of sp³-hybridized carbons (Fsp3) is 0.200. The van der Waals surface area contributed by atoms with Crippen molar-refractivity contribution >= 4 is 16.9 Å². The third-order valence-electron chi connectivity index (χ3n) is 3.01. The summed E-state index contributed by atoms with van der Waals surface area (Å²) in [5.74, 6) is 0.855. The van der Waals surface area contributed by atoms with Crippen LogP contribution in [0, 0.1) is 0 Å². The van der Waals surface area contributed by atoms with Crippen LogP contribution in [-0.2, 0) is 0 Å². The summed E-state index contributed by atoms with van der Waals surface area (Å²) in [4.78, 5) is 12.1. The van der Waals surface area contributed by atoms with Gasteiger partial charge in [-0.25, -0.2) is 9.97 Å². The molecule has 2 N–H and O–H groups in total. The summed E-state index contributed by atoms with van der Waals surface area (Å²) >= 11 is 0. The third kappa shape index (κ3) is 2.29. The van der Waals surface area contributed by atoms with E-state index in [9.17, 15) is 0 Å². The average Bonchev–Trinajstić information content (AvgIpc) is 2.89. The molecule has 2 aromatic heterocycles. The van der Waals surface area contributed by atoms with E-state index in [1.54, 1.807) is 6.20 Å². The van der Waals surface area contributed by atoms with Crippen molar-refractivity contribution in [2.75, 3.05) is 11.9 Å². The van der Waals surface area contributed by atoms with Crippen LogP contribution in [0.2, 0.25) is 0 Å². The number of aromatic amines is 1. The van der Waals surface area contributed by atoms with Gasteiger partial charge in [0.15, 0.2) is 5.65 Å². The quantitative estimate of drug-likeness (QED) is 0.747. The second kappa shape index (κ2) is 5.10. The first-order valence-electron chi connectivity index (χ1n) is 6.52. The van der Waals surface area contributed by atoms with Crippen LogP contribution >= 0.6 is 0 Å². The van der Waals surface area contributed by atoms with Gasteiger partial charge in [-0.15, -0.1) is 0 Å². The number of fused-ring (bicyclic) bond motifs is 1. The molecule has 0 aliphatic rings. The molecule has 0 fully saturated rings. The van der Waals surface area contributed by atoms with Gasteiger partial charge in [-0.2, -0.15) is 0 Å². The van der Waals surface area contributed by atoms with E-state index in [1.807, 2.05) is 24.3 Å². The Morgan fingerprint density at radius 3 is 2.89 bits per heavy atom. The molecule has 2 heterocycles. The number of imidazole rings is 1. The lowest BCUT2D eigenvalue weighted by Crippen LogP contribution is -2.01. The summed E-state index contributed by atoms with van der Waals surface area (Å²) < 4.78 is 0. The molecule has 96 valence electrons. The molecule has 0 radical (unpaired) electrons. The minimum atomic E-state index is 0.753. The van der Waals surface area contributed by atoms with Crippen LogP contribution in [0.5, 0.6) is 0 Å². The van der Waals surface area contributed by atoms with Crippen LogP contribution in [0.15, 0.2) is 42.6 Å². The highest BCUT2D eigenvalue weighted by molar-refractivity contribution is 5.80. The average molecular weight is 252 g/mol. The molecule has 0 saturated heterocycles. The maximum Gasteiger partial charge on any atom is 0.178 e. The van der Waals surface area contributed by atoms with Crippen LogP contribution in [0.25, 0.3) is 22.6 Å². The first kappa shape index (κ1) is 11.7. The minimum absolute atomic E-state index is 0.753. The zero-order valence-electron chi connectivity index (χ0n) is 10.9. The molecule has 19 heavy (non-hydrogen) atoms. The van der Waals surface area contributed by atoms with Crippen molar-refractivity contribution in [1.82, 2.24) is 15.0 Å². The topological polar surface area (TPSA) is 53.6 Å². The monoisotopic (exact) mass is 252 g/mol. The zero-order chi connectivity index (χ0) is 13.1. The number of para-hydroxylation sites is 1. The van der Waals surface area contributed by atoms with Crippen LogP contribution in [0.1, 0.15) is 13.3 Å². The maximum atomic E-state index is 4.55. The lowest BCUT2D eigenvalue weighted by Gasteiger charge is -2.09. The standard InChI is InChI=1S/C15H16N4/c1-2-9-16-12-7-4-3-6-11(12)14-18-13-8-5-10-17-15(13)19-14/h3-8,10,16H,2,9H2,1H3,(H,17,18,19). The smallest absolute Gasteiger partial charge is 0.178 e. The van der Waals surface area contributed by atoms with Gasteiger partial charge in [0.05, 0.1) is 5.52 Å². The highest BCUT2D eigenvalue weighted by Crippen LogP contribution is 2.26. The number of pyridine rings is 1. The van der Waals surface area contributed by atoms with Gasteiger partial charge in [-0.3, -0.25) is 0 Å². The van der Waals surface area contributed by atoms with Gasteiger partial charge in [-0.05, 0) is 30.7 Å². The minimum Gasteiger partial charge on any atom is -0.384 e. The normalized spacial score (nSPS) is 10.8. The van der Waals surface area contributed by atoms with E-state index in [-0.39, 0.29) is 0 Å². The van der Waals surface area contributed by atoms with Crippen molar-refractivity contribution in [3.05, 3.63) is 42.6 Å². The second-order valence-corrected chi connectivity index (χ2v) is 4.43. The Morgan fingerprint density at radius 1 is 1.16 bits per heavy atom. The summed E-state index contributed by atoms with van der Waals surface area (Å²) in [7, 11) is 0. The summed E-state index contributed by atoms with van der Waals surface area (Å²) in [6, 6.07) is 12.1. The predicted molar refractivity (Wildman–Crippen MR) is 78.1 cm³/mol. The van der Waals surface area contributed by atoms with Crippen molar-refractivity contribution in [3.63, 3.8) is 0 Å². The summed E-state index contributed by atoms with van der Waals surface area (Å²) in [6.07, 6.45) is 2.85. The van der Waals surface area contributed by atoms with Gasteiger partial charge in [0.25, 0.3) is 0 Å². The van der Waals surface area contributed by atoms with Crippen LogP contribution in [-0.4, -0.2) is 21.5 Å². The molecule has 0 aliphatic heterocycles. The summed E-state index contributed by atoms with van der Waals surface area (Å²) in [5, 5.41) is 3.43. The first-order chi connectivity index (χ1) is 9.38. The number of nitrogens with zero attached hydrogens (tertiary/aromatic N) is 2. The number of hydrogen-bond donors (Lipinski definition) is 2. The van der Waals surface area contributed by atoms with E-state index >= 15 is 0 Å². The Kier molecular flexibility index (Phi) is 3.14. The van der Waals surface area contributed by atoms with Gasteiger partial charge in [0.2, 0.25) is 0 Å². The molecule has 3 aromatic rings. The van der Waals surface area contributed by atoms with E-state index in [0.29, 0.717) is 0 Å². The van der Waals surface area contributed by atoms with E-state index in [0.717, 1.165) is 41.2 Å². The molecular weight excluding hydrogens is 236 g/mol. The fourth-order valence-electron chi connectivity index (χ4n) is 2.08. The highest BCUT2D eigenvalue weighted by atomic mass is 15.0. The zero-order valence-corrected chi connectivity index (χ0v) is 10.9. The number of nitrogens with one attached hydrogen (secondary N) is 2. The molecule has 0 bridgehead atoms. The molecule has 3 rings (SSSR count). The second-order valence-electron chi connectivity index (χ2n) is 4.43. The largest absolute Gasteiger partial charge is 0.384 e. The maximum absolute atomic E-state index is 4.55. The Labute approximate surface area is 111 Å². The van der Waals surface area contributed by atoms with E-state index in [1.165, 1.54) is 0 Å². The first-order valence-corrected chi connectivity index (χ1v) is 6.52. The number of rotatable bonds is 4. The Balaban J connectivity index is 2.05. The van der Waals surface area contributed by atoms with Crippen molar-refractivity contribution in [2.24, 2.45) is 0 Å². The van der Waals surface area contributed by atoms with Crippen molar-refractivity contribution in [1.29, 1.82) is 0 Å². The molecule has 0 spiro atoms. The molecule has 4 heteroatoms. The molecule has 0 atom stereocenters. The van der Waals surface area contributed by atoms with Gasteiger partial charge >= 0.3 is 0 Å². The molecule has 4 nitrogen and oxygen atoms in total. The van der Waals surface area contributed by atoms with E-state index < -0.39 is 0 Å². The van der Waals surface area contributed by atoms with Gasteiger partial charge < -0.3 is 10.3 Å². The molecule has 1 aromatic carbocycles. The van der Waals surface area contributed by atoms with Crippen LogP contribution in [0.4, 0.5) is 5.69 Å². The van der Waals surface area contributed by atoms with E-state index in [4.69, 9.17) is 0 Å². The molecule has 0 saturated carbocycles. The highest BCUT2D eigenvalue weighted by Gasteiger charge is 2.09. The molecule has 0 aliphatic carbocycles. The molecular formula is C15H16N4. The van der Waals surface area contributed by atoms with Gasteiger partial charge in [0, 0.05) is 24.0 Å². The Morgan fingerprint density at radius 2 is 2.05 bits per heavy atom. The van der Waals surface area contributed by atoms with Gasteiger partial charge in [-0.1, -0.05) is 19.1 Å². The predicted octanol–water partition coefficient (Wildman–Crippen LogP) is 3.45. The van der Waals surface area contributed by atoms with Crippen molar-refractivity contribution < 1.29 is 0 Å². The number of aromatic nitrogens is 3. The number of hydrogen-bond acceptors (Lipinski definition) is 3. The number of anilines is 1. The van der Waals surface area contributed by atoms with Crippen LogP contribution < -0.4 is 5.32 Å². The molecule has 0 unspecified atom stereocenters. The lowest BCUT2D eigenvalue weighted by molar-refractivity contribution is 0.979. The van der Waals surface area contributed by atoms with Crippen LogP contribution in [0.3, 0.4) is 0 Å².